The third-order valence-electron chi connectivity index (χ3n) is 2.27. The minimum absolute atomic E-state index is 0.0134. The van der Waals surface area contributed by atoms with Crippen LogP contribution in [0, 0.1) is 11.3 Å². The molecule has 7 heteroatoms. The minimum Gasteiger partial charge on any atom is -0.480 e. The van der Waals surface area contributed by atoms with E-state index in [0.29, 0.717) is 16.3 Å². The van der Waals surface area contributed by atoms with Crippen LogP contribution in [0.3, 0.4) is 0 Å². The summed E-state index contributed by atoms with van der Waals surface area (Å²) in [5.41, 5.74) is 0.907. The second kappa shape index (κ2) is 6.61. The SMILES string of the molecule is CC(=O)NC(CNc1ccc(C#N)cc1Cl)C(=O)O. The quantitative estimate of drug-likeness (QED) is 0.753. The van der Waals surface area contributed by atoms with Crippen LogP contribution in [0.2, 0.25) is 5.02 Å². The van der Waals surface area contributed by atoms with Gasteiger partial charge in [0, 0.05) is 13.5 Å². The molecule has 0 fully saturated rings. The Kier molecular flexibility index (Phi) is 5.15. The van der Waals surface area contributed by atoms with Crippen molar-refractivity contribution in [3.63, 3.8) is 0 Å². The highest BCUT2D eigenvalue weighted by Crippen LogP contribution is 2.22. The van der Waals surface area contributed by atoms with Gasteiger partial charge in [0.2, 0.25) is 5.91 Å². The largest absolute Gasteiger partial charge is 0.480 e. The summed E-state index contributed by atoms with van der Waals surface area (Å²) in [5, 5.41) is 23.0. The van der Waals surface area contributed by atoms with Gasteiger partial charge in [-0.05, 0) is 18.2 Å². The molecular formula is C12H12ClN3O3. The second-order valence-corrected chi connectivity index (χ2v) is 4.19. The van der Waals surface area contributed by atoms with Gasteiger partial charge in [0.15, 0.2) is 0 Å². The van der Waals surface area contributed by atoms with E-state index in [1.54, 1.807) is 12.1 Å². The molecule has 0 spiro atoms. The number of carboxylic acid groups (broad SMARTS) is 1. The Balaban J connectivity index is 2.72. The number of rotatable bonds is 5. The van der Waals surface area contributed by atoms with Crippen molar-refractivity contribution in [1.29, 1.82) is 5.26 Å². The van der Waals surface area contributed by atoms with E-state index in [1.807, 2.05) is 6.07 Å². The van der Waals surface area contributed by atoms with Crippen molar-refractivity contribution in [3.05, 3.63) is 28.8 Å². The maximum absolute atomic E-state index is 10.9. The van der Waals surface area contributed by atoms with Crippen molar-refractivity contribution in [2.24, 2.45) is 0 Å². The van der Waals surface area contributed by atoms with Crippen LogP contribution in [0.25, 0.3) is 0 Å². The molecule has 0 heterocycles. The van der Waals surface area contributed by atoms with E-state index in [9.17, 15) is 9.59 Å². The molecule has 1 aromatic rings. The van der Waals surface area contributed by atoms with Gasteiger partial charge in [-0.15, -0.1) is 0 Å². The van der Waals surface area contributed by atoms with Gasteiger partial charge in [-0.25, -0.2) is 4.79 Å². The van der Waals surface area contributed by atoms with Crippen LogP contribution >= 0.6 is 11.6 Å². The van der Waals surface area contributed by atoms with Gasteiger partial charge >= 0.3 is 5.97 Å². The van der Waals surface area contributed by atoms with Gasteiger partial charge in [-0.3, -0.25) is 4.79 Å². The molecule has 0 radical (unpaired) electrons. The van der Waals surface area contributed by atoms with E-state index in [0.717, 1.165) is 0 Å². The van der Waals surface area contributed by atoms with Crippen LogP contribution in [0.5, 0.6) is 0 Å². The molecular weight excluding hydrogens is 270 g/mol. The minimum atomic E-state index is -1.15. The lowest BCUT2D eigenvalue weighted by Crippen LogP contribution is -2.44. The number of carbonyl (C=O) groups is 2. The van der Waals surface area contributed by atoms with Crippen molar-refractivity contribution in [3.8, 4) is 6.07 Å². The standard InChI is InChI=1S/C12H12ClN3O3/c1-7(17)16-11(12(18)19)6-15-10-3-2-8(5-14)4-9(10)13/h2-4,11,15H,6H2,1H3,(H,16,17)(H,18,19). The molecule has 1 aromatic carbocycles. The van der Waals surface area contributed by atoms with Crippen molar-refractivity contribution in [1.82, 2.24) is 5.32 Å². The monoisotopic (exact) mass is 281 g/mol. The molecule has 0 aliphatic rings. The van der Waals surface area contributed by atoms with Gasteiger partial charge in [-0.2, -0.15) is 5.26 Å². The van der Waals surface area contributed by atoms with Crippen molar-refractivity contribution in [2.75, 3.05) is 11.9 Å². The van der Waals surface area contributed by atoms with Gasteiger partial charge in [0.1, 0.15) is 6.04 Å². The van der Waals surface area contributed by atoms with E-state index < -0.39 is 17.9 Å². The maximum Gasteiger partial charge on any atom is 0.328 e. The van der Waals surface area contributed by atoms with E-state index in [4.69, 9.17) is 22.0 Å². The zero-order valence-corrected chi connectivity index (χ0v) is 10.9. The predicted molar refractivity (Wildman–Crippen MR) is 69.9 cm³/mol. The summed E-state index contributed by atoms with van der Waals surface area (Å²) in [7, 11) is 0. The Morgan fingerprint density at radius 3 is 2.68 bits per heavy atom. The third-order valence-corrected chi connectivity index (χ3v) is 2.58. The number of benzene rings is 1. The average Bonchev–Trinajstić information content (AvgIpc) is 2.34. The number of anilines is 1. The first-order chi connectivity index (χ1) is 8.93. The Bertz CT molecular complexity index is 540. The normalized spacial score (nSPS) is 11.2. The highest BCUT2D eigenvalue weighted by Gasteiger charge is 2.18. The lowest BCUT2D eigenvalue weighted by Gasteiger charge is -2.15. The highest BCUT2D eigenvalue weighted by atomic mass is 35.5. The molecule has 0 bridgehead atoms. The number of carbonyl (C=O) groups excluding carboxylic acids is 1. The number of nitriles is 1. The summed E-state index contributed by atoms with van der Waals surface area (Å²) in [4.78, 5) is 21.8. The fourth-order valence-electron chi connectivity index (χ4n) is 1.39. The molecule has 1 amide bonds. The fourth-order valence-corrected chi connectivity index (χ4v) is 1.63. The number of halogens is 1. The Morgan fingerprint density at radius 1 is 1.53 bits per heavy atom. The smallest absolute Gasteiger partial charge is 0.328 e. The second-order valence-electron chi connectivity index (χ2n) is 3.78. The molecule has 0 aliphatic heterocycles. The number of amides is 1. The topological polar surface area (TPSA) is 102 Å². The van der Waals surface area contributed by atoms with Crippen LogP contribution < -0.4 is 10.6 Å². The molecule has 1 unspecified atom stereocenters. The molecule has 19 heavy (non-hydrogen) atoms. The summed E-state index contributed by atoms with van der Waals surface area (Å²) in [6.07, 6.45) is 0. The molecule has 3 N–H and O–H groups in total. The molecule has 0 aromatic heterocycles. The third kappa shape index (κ3) is 4.48. The van der Waals surface area contributed by atoms with Crippen molar-refractivity contribution < 1.29 is 14.7 Å². The Labute approximate surface area is 115 Å². The van der Waals surface area contributed by atoms with Crippen LogP contribution in [-0.4, -0.2) is 29.6 Å². The van der Waals surface area contributed by atoms with Gasteiger partial charge in [-0.1, -0.05) is 11.6 Å². The van der Waals surface area contributed by atoms with Crippen molar-refractivity contribution >= 4 is 29.2 Å². The van der Waals surface area contributed by atoms with Crippen LogP contribution in [0.4, 0.5) is 5.69 Å². The van der Waals surface area contributed by atoms with Crippen LogP contribution in [0.1, 0.15) is 12.5 Å². The fraction of sp³-hybridized carbons (Fsp3) is 0.250. The number of aliphatic carboxylic acids is 1. The number of nitrogens with zero attached hydrogens (tertiary/aromatic N) is 1. The molecule has 6 nitrogen and oxygen atoms in total. The highest BCUT2D eigenvalue weighted by molar-refractivity contribution is 6.33. The first-order valence-corrected chi connectivity index (χ1v) is 5.75. The van der Waals surface area contributed by atoms with E-state index >= 15 is 0 Å². The first kappa shape index (κ1) is 14.8. The number of carboxylic acids is 1. The zero-order chi connectivity index (χ0) is 14.4. The van der Waals surface area contributed by atoms with Gasteiger partial charge in [0.25, 0.3) is 0 Å². The predicted octanol–water partition coefficient (Wildman–Crippen LogP) is 1.21. The molecule has 1 atom stereocenters. The zero-order valence-electron chi connectivity index (χ0n) is 10.1. The summed E-state index contributed by atoms with van der Waals surface area (Å²) >= 11 is 5.93. The van der Waals surface area contributed by atoms with Crippen LogP contribution in [-0.2, 0) is 9.59 Å². The lowest BCUT2D eigenvalue weighted by atomic mass is 10.2. The number of nitrogens with one attached hydrogen (secondary N) is 2. The maximum atomic E-state index is 10.9. The van der Waals surface area contributed by atoms with E-state index in [2.05, 4.69) is 10.6 Å². The van der Waals surface area contributed by atoms with Crippen LogP contribution in [0.15, 0.2) is 18.2 Å². The number of hydrogen-bond acceptors (Lipinski definition) is 4. The summed E-state index contributed by atoms with van der Waals surface area (Å²) < 4.78 is 0. The summed E-state index contributed by atoms with van der Waals surface area (Å²) in [6, 6.07) is 5.49. The Hall–Kier alpha value is -2.26. The van der Waals surface area contributed by atoms with Crippen molar-refractivity contribution in [2.45, 2.75) is 13.0 Å². The molecule has 0 saturated heterocycles. The average molecular weight is 282 g/mol. The van der Waals surface area contributed by atoms with E-state index in [-0.39, 0.29) is 6.54 Å². The van der Waals surface area contributed by atoms with E-state index in [1.165, 1.54) is 13.0 Å². The van der Waals surface area contributed by atoms with Gasteiger partial charge < -0.3 is 15.7 Å². The summed E-state index contributed by atoms with van der Waals surface area (Å²) in [5.74, 6) is -1.58. The first-order valence-electron chi connectivity index (χ1n) is 5.37. The van der Waals surface area contributed by atoms with Gasteiger partial charge in [0.05, 0.1) is 22.3 Å². The Morgan fingerprint density at radius 2 is 2.21 bits per heavy atom. The molecule has 1 rings (SSSR count). The number of hydrogen-bond donors (Lipinski definition) is 3. The summed E-state index contributed by atoms with van der Waals surface area (Å²) in [6.45, 7) is 1.23. The lowest BCUT2D eigenvalue weighted by molar-refractivity contribution is -0.141. The molecule has 0 saturated carbocycles. The molecule has 100 valence electrons. The molecule has 0 aliphatic carbocycles.